The molecule has 0 fully saturated rings. The lowest BCUT2D eigenvalue weighted by Gasteiger charge is -2.10. The number of nitriles is 1. The zero-order chi connectivity index (χ0) is 14.0. The van der Waals surface area contributed by atoms with E-state index in [4.69, 9.17) is 15.7 Å². The van der Waals surface area contributed by atoms with E-state index >= 15 is 0 Å². The van der Waals surface area contributed by atoms with Gasteiger partial charge in [-0.2, -0.15) is 5.26 Å². The molecule has 2 rings (SSSR count). The van der Waals surface area contributed by atoms with E-state index in [2.05, 4.69) is 6.07 Å². The Kier molecular flexibility index (Phi) is 3.59. The van der Waals surface area contributed by atoms with Crippen molar-refractivity contribution < 1.29 is 4.74 Å². The topological polar surface area (TPSA) is 64.0 Å². The van der Waals surface area contributed by atoms with Gasteiger partial charge in [0, 0.05) is 18.5 Å². The fourth-order valence-electron chi connectivity index (χ4n) is 2.26. The summed E-state index contributed by atoms with van der Waals surface area (Å²) in [5.41, 5.74) is 10.6. The molecule has 0 bridgehead atoms. The highest BCUT2D eigenvalue weighted by Crippen LogP contribution is 2.27. The summed E-state index contributed by atoms with van der Waals surface area (Å²) in [4.78, 5) is 0. The molecule has 0 aliphatic rings. The van der Waals surface area contributed by atoms with Gasteiger partial charge in [-0.3, -0.25) is 4.57 Å². The zero-order valence-electron chi connectivity index (χ0n) is 11.4. The lowest BCUT2D eigenvalue weighted by molar-refractivity contribution is 0.185. The molecule has 0 saturated carbocycles. The summed E-state index contributed by atoms with van der Waals surface area (Å²) in [5, 5.41) is 9.16. The van der Waals surface area contributed by atoms with Crippen LogP contribution in [0, 0.1) is 25.2 Å². The summed E-state index contributed by atoms with van der Waals surface area (Å²) in [6.07, 6.45) is 0. The lowest BCUT2D eigenvalue weighted by atomic mass is 10.2. The van der Waals surface area contributed by atoms with Crippen LogP contribution >= 0.6 is 0 Å². The average molecular weight is 255 g/mol. The normalized spacial score (nSPS) is 10.4. The molecule has 0 radical (unpaired) electrons. The average Bonchev–Trinajstić information content (AvgIpc) is 2.61. The van der Waals surface area contributed by atoms with Crippen molar-refractivity contribution >= 4 is 5.82 Å². The second-order valence-electron chi connectivity index (χ2n) is 4.52. The molecule has 2 aromatic rings. The monoisotopic (exact) mass is 255 g/mol. The minimum Gasteiger partial charge on any atom is -0.384 e. The van der Waals surface area contributed by atoms with Crippen LogP contribution < -0.4 is 5.73 Å². The third kappa shape index (κ3) is 2.20. The van der Waals surface area contributed by atoms with Gasteiger partial charge in [0.1, 0.15) is 11.9 Å². The minimum atomic E-state index is 0.493. The van der Waals surface area contributed by atoms with Gasteiger partial charge < -0.3 is 10.5 Å². The van der Waals surface area contributed by atoms with Gasteiger partial charge in [-0.25, -0.2) is 0 Å². The Hall–Kier alpha value is -2.25. The summed E-state index contributed by atoms with van der Waals surface area (Å²) in [6.45, 7) is 4.44. The van der Waals surface area contributed by atoms with Crippen LogP contribution in [-0.4, -0.2) is 11.7 Å². The maximum atomic E-state index is 9.16. The number of nitrogens with two attached hydrogens (primary N) is 1. The Bertz CT molecular complexity index is 650. The van der Waals surface area contributed by atoms with Crippen LogP contribution in [-0.2, 0) is 11.3 Å². The maximum absolute atomic E-state index is 9.16. The number of aromatic nitrogens is 1. The number of rotatable bonds is 3. The molecular weight excluding hydrogens is 238 g/mol. The van der Waals surface area contributed by atoms with Gasteiger partial charge in [0.2, 0.25) is 0 Å². The molecule has 0 aliphatic heterocycles. The highest BCUT2D eigenvalue weighted by Gasteiger charge is 2.16. The van der Waals surface area contributed by atoms with E-state index in [9.17, 15) is 0 Å². The van der Waals surface area contributed by atoms with Crippen LogP contribution in [0.2, 0.25) is 0 Å². The Morgan fingerprint density at radius 1 is 1.37 bits per heavy atom. The molecule has 4 nitrogen and oxygen atoms in total. The van der Waals surface area contributed by atoms with Crippen molar-refractivity contribution in [2.24, 2.45) is 0 Å². The molecule has 0 aliphatic carbocycles. The fourth-order valence-corrected chi connectivity index (χ4v) is 2.26. The fraction of sp³-hybridized carbons (Fsp3) is 0.267. The Morgan fingerprint density at radius 2 is 2.11 bits per heavy atom. The molecule has 4 heteroatoms. The van der Waals surface area contributed by atoms with Crippen molar-refractivity contribution in [2.45, 2.75) is 20.5 Å². The summed E-state index contributed by atoms with van der Waals surface area (Å²) in [5.74, 6) is 0.493. The molecule has 0 atom stereocenters. The molecule has 2 N–H and O–H groups in total. The van der Waals surface area contributed by atoms with Crippen LogP contribution in [0.3, 0.4) is 0 Å². The van der Waals surface area contributed by atoms with Gasteiger partial charge >= 0.3 is 0 Å². The molecule has 0 unspecified atom stereocenters. The summed E-state index contributed by atoms with van der Waals surface area (Å²) in [7, 11) is 1.67. The second-order valence-corrected chi connectivity index (χ2v) is 4.52. The van der Waals surface area contributed by atoms with E-state index in [0.29, 0.717) is 18.0 Å². The number of nitrogens with zero attached hydrogens (tertiary/aromatic N) is 2. The largest absolute Gasteiger partial charge is 0.384 e. The van der Waals surface area contributed by atoms with Crippen molar-refractivity contribution in [2.75, 3.05) is 12.8 Å². The maximum Gasteiger partial charge on any atom is 0.126 e. The van der Waals surface area contributed by atoms with Crippen LogP contribution in [0.15, 0.2) is 24.3 Å². The zero-order valence-corrected chi connectivity index (χ0v) is 11.4. The Morgan fingerprint density at radius 3 is 2.68 bits per heavy atom. The van der Waals surface area contributed by atoms with Crippen molar-refractivity contribution in [3.05, 3.63) is 46.6 Å². The van der Waals surface area contributed by atoms with Gasteiger partial charge in [-0.1, -0.05) is 12.1 Å². The molecule has 98 valence electrons. The first-order chi connectivity index (χ1) is 9.10. The number of benzene rings is 1. The highest BCUT2D eigenvalue weighted by molar-refractivity contribution is 5.62. The third-order valence-corrected chi connectivity index (χ3v) is 3.34. The lowest BCUT2D eigenvalue weighted by Crippen LogP contribution is -2.03. The van der Waals surface area contributed by atoms with Gasteiger partial charge in [0.25, 0.3) is 0 Å². The molecule has 1 heterocycles. The van der Waals surface area contributed by atoms with E-state index in [-0.39, 0.29) is 0 Å². The van der Waals surface area contributed by atoms with Gasteiger partial charge in [0.15, 0.2) is 0 Å². The molecule has 19 heavy (non-hydrogen) atoms. The molecule has 0 amide bonds. The molecule has 1 aromatic heterocycles. The minimum absolute atomic E-state index is 0.493. The van der Waals surface area contributed by atoms with Crippen molar-refractivity contribution in [3.63, 3.8) is 0 Å². The van der Waals surface area contributed by atoms with E-state index in [0.717, 1.165) is 22.5 Å². The first-order valence-corrected chi connectivity index (χ1v) is 6.05. The van der Waals surface area contributed by atoms with E-state index in [1.165, 1.54) is 0 Å². The summed E-state index contributed by atoms with van der Waals surface area (Å²) in [6, 6.07) is 10.1. The van der Waals surface area contributed by atoms with Crippen molar-refractivity contribution in [1.29, 1.82) is 5.26 Å². The van der Waals surface area contributed by atoms with Gasteiger partial charge in [-0.05, 0) is 37.1 Å². The van der Waals surface area contributed by atoms with Crippen LogP contribution in [0.1, 0.15) is 22.4 Å². The van der Waals surface area contributed by atoms with Gasteiger partial charge in [0.05, 0.1) is 12.2 Å². The SMILES string of the molecule is COCc1cccc(-n2c(C)c(C)c(C#N)c2N)c1. The number of methoxy groups -OCH3 is 1. The third-order valence-electron chi connectivity index (χ3n) is 3.34. The number of nitrogen functional groups attached to an aromatic ring is 1. The Labute approximate surface area is 113 Å². The van der Waals surface area contributed by atoms with E-state index in [1.807, 2.05) is 42.7 Å². The summed E-state index contributed by atoms with van der Waals surface area (Å²) >= 11 is 0. The van der Waals surface area contributed by atoms with Crippen molar-refractivity contribution in [3.8, 4) is 11.8 Å². The van der Waals surface area contributed by atoms with E-state index < -0.39 is 0 Å². The molecule has 0 spiro atoms. The van der Waals surface area contributed by atoms with Crippen LogP contribution in [0.5, 0.6) is 0 Å². The number of anilines is 1. The van der Waals surface area contributed by atoms with E-state index in [1.54, 1.807) is 7.11 Å². The first-order valence-electron chi connectivity index (χ1n) is 6.05. The molecular formula is C15H17N3O. The molecule has 1 aromatic carbocycles. The Balaban J connectivity index is 2.60. The van der Waals surface area contributed by atoms with Crippen LogP contribution in [0.25, 0.3) is 5.69 Å². The molecule has 0 saturated heterocycles. The van der Waals surface area contributed by atoms with Crippen molar-refractivity contribution in [1.82, 2.24) is 4.57 Å². The predicted octanol–water partition coefficient (Wildman–Crippen LogP) is 2.69. The smallest absolute Gasteiger partial charge is 0.126 e. The van der Waals surface area contributed by atoms with Crippen LogP contribution in [0.4, 0.5) is 5.82 Å². The van der Waals surface area contributed by atoms with Gasteiger partial charge in [-0.15, -0.1) is 0 Å². The predicted molar refractivity (Wildman–Crippen MR) is 75.1 cm³/mol. The standard InChI is InChI=1S/C15H17N3O/c1-10-11(2)18(15(17)14(10)8-16)13-6-4-5-12(7-13)9-19-3/h4-7H,9,17H2,1-3H3. The highest BCUT2D eigenvalue weighted by atomic mass is 16.5. The summed E-state index contributed by atoms with van der Waals surface area (Å²) < 4.78 is 7.05. The number of hydrogen-bond acceptors (Lipinski definition) is 3. The first kappa shape index (κ1) is 13.2. The number of ether oxygens (including phenoxy) is 1. The second kappa shape index (κ2) is 5.17. The quantitative estimate of drug-likeness (QED) is 0.917. The number of hydrogen-bond donors (Lipinski definition) is 1.